The number of rotatable bonds is 5. The molecule has 0 N–H and O–H groups in total. The summed E-state index contributed by atoms with van der Waals surface area (Å²) in [6.07, 6.45) is -6.95. The number of benzene rings is 2. The van der Waals surface area contributed by atoms with Crippen molar-refractivity contribution in [2.45, 2.75) is 30.0 Å². The fraction of sp³-hybridized carbons (Fsp3) is 0.318. The topological polar surface area (TPSA) is 72.9 Å². The molecule has 0 aliphatic carbocycles. The molecule has 0 radical (unpaired) electrons. The van der Waals surface area contributed by atoms with Crippen LogP contribution in [0.25, 0.3) is 0 Å². The Morgan fingerprint density at radius 1 is 1.03 bits per heavy atom. The van der Waals surface area contributed by atoms with Gasteiger partial charge in [-0.3, -0.25) is 0 Å². The van der Waals surface area contributed by atoms with Crippen LogP contribution in [-0.4, -0.2) is 47.9 Å². The van der Waals surface area contributed by atoms with E-state index in [0.29, 0.717) is 0 Å². The summed E-state index contributed by atoms with van der Waals surface area (Å²) in [6, 6.07) is 11.6. The molecule has 1 heterocycles. The third-order valence-electron chi connectivity index (χ3n) is 5.13. The van der Waals surface area contributed by atoms with Gasteiger partial charge in [-0.25, -0.2) is 13.2 Å². The number of allylic oxidation sites excluding steroid dienone is 1. The molecule has 6 nitrogen and oxygen atoms in total. The quantitative estimate of drug-likeness (QED) is 0.618. The molecule has 10 heteroatoms. The summed E-state index contributed by atoms with van der Waals surface area (Å²) in [4.78, 5) is 12.8. The number of carbonyl (C=O) groups is 1. The van der Waals surface area contributed by atoms with Crippen LogP contribution in [0, 0.1) is 6.92 Å². The Hall–Kier alpha value is -3.01. The van der Waals surface area contributed by atoms with E-state index in [-0.39, 0.29) is 10.5 Å². The maximum atomic E-state index is 13.9. The van der Waals surface area contributed by atoms with Gasteiger partial charge >= 0.3 is 12.1 Å². The molecule has 0 aromatic heterocycles. The molecule has 1 aliphatic heterocycles. The number of sulfone groups is 1. The lowest BCUT2D eigenvalue weighted by Gasteiger charge is -2.21. The highest BCUT2D eigenvalue weighted by Gasteiger charge is 2.56. The van der Waals surface area contributed by atoms with Gasteiger partial charge in [0.05, 0.1) is 17.9 Å². The Morgan fingerprint density at radius 3 is 2.06 bits per heavy atom. The monoisotopic (exact) mass is 469 g/mol. The van der Waals surface area contributed by atoms with Crippen LogP contribution in [0.1, 0.15) is 17.0 Å². The second-order valence-electron chi connectivity index (χ2n) is 7.53. The highest BCUT2D eigenvalue weighted by atomic mass is 32.2. The minimum Gasteiger partial charge on any atom is -0.472 e. The number of nitrogens with zero attached hydrogens (tertiary/aromatic N) is 1. The number of alkyl halides is 3. The van der Waals surface area contributed by atoms with Gasteiger partial charge in [0.25, 0.3) is 0 Å². The van der Waals surface area contributed by atoms with Crippen molar-refractivity contribution in [1.29, 1.82) is 0 Å². The first-order valence-electron chi connectivity index (χ1n) is 9.52. The third-order valence-corrected chi connectivity index (χ3v) is 7.05. The molecule has 1 aliphatic rings. The van der Waals surface area contributed by atoms with Crippen molar-refractivity contribution in [2.75, 3.05) is 26.1 Å². The molecule has 0 bridgehead atoms. The van der Waals surface area contributed by atoms with Crippen LogP contribution in [-0.2, 0) is 24.1 Å². The van der Waals surface area contributed by atoms with E-state index in [9.17, 15) is 26.4 Å². The summed E-state index contributed by atoms with van der Waals surface area (Å²) in [5, 5.41) is 0. The molecule has 0 fully saturated rings. The number of hydrogen-bond acceptors (Lipinski definition) is 6. The largest absolute Gasteiger partial charge is 0.472 e. The van der Waals surface area contributed by atoms with E-state index in [1.165, 1.54) is 36.4 Å². The van der Waals surface area contributed by atoms with E-state index in [4.69, 9.17) is 4.74 Å². The van der Waals surface area contributed by atoms with Gasteiger partial charge in [-0.1, -0.05) is 29.8 Å². The van der Waals surface area contributed by atoms with Crippen LogP contribution < -0.4 is 4.90 Å². The van der Waals surface area contributed by atoms with E-state index >= 15 is 0 Å². The molecule has 0 saturated carbocycles. The average molecular weight is 469 g/mol. The van der Waals surface area contributed by atoms with Crippen molar-refractivity contribution >= 4 is 21.5 Å². The van der Waals surface area contributed by atoms with Gasteiger partial charge in [-0.2, -0.15) is 13.2 Å². The first kappa shape index (κ1) is 23.6. The van der Waals surface area contributed by atoms with Crippen molar-refractivity contribution < 1.29 is 35.9 Å². The number of anilines is 1. The SMILES string of the molecule is COC(=O)C1OC(C(F)(F)F)=C(S(=O)(=O)c2ccc(C)cc2)C1c1ccc(N(C)C)cc1. The maximum Gasteiger partial charge on any atom is 0.450 e. The molecule has 2 atom stereocenters. The Balaban J connectivity index is 2.27. The molecule has 32 heavy (non-hydrogen) atoms. The van der Waals surface area contributed by atoms with Crippen molar-refractivity contribution in [1.82, 2.24) is 0 Å². The van der Waals surface area contributed by atoms with Crippen molar-refractivity contribution in [3.63, 3.8) is 0 Å². The number of aryl methyl sites for hydroxylation is 1. The molecule has 0 saturated heterocycles. The van der Waals surface area contributed by atoms with Gasteiger partial charge in [0.2, 0.25) is 21.7 Å². The predicted octanol–water partition coefficient (Wildman–Crippen LogP) is 3.96. The number of carbonyl (C=O) groups excluding carboxylic acids is 1. The number of hydrogen-bond donors (Lipinski definition) is 0. The van der Waals surface area contributed by atoms with E-state index < -0.39 is 44.7 Å². The normalized spacial score (nSPS) is 19.0. The molecule has 172 valence electrons. The second kappa shape index (κ2) is 8.50. The first-order valence-corrected chi connectivity index (χ1v) is 11.0. The second-order valence-corrected chi connectivity index (χ2v) is 9.45. The van der Waals surface area contributed by atoms with Crippen LogP contribution in [0.4, 0.5) is 18.9 Å². The Labute approximate surface area is 184 Å². The third kappa shape index (κ3) is 4.32. The standard InChI is InChI=1S/C22H22F3NO5S/c1-13-5-11-16(12-6-13)32(28,29)19-17(14-7-9-15(10-8-14)26(2)3)18(21(27)30-4)31-20(19)22(23,24)25/h5-12,17-18H,1-4H3. The zero-order valence-electron chi connectivity index (χ0n) is 17.8. The van der Waals surface area contributed by atoms with E-state index in [1.807, 2.05) is 0 Å². The fourth-order valence-electron chi connectivity index (χ4n) is 3.48. The van der Waals surface area contributed by atoms with Crippen LogP contribution in [0.5, 0.6) is 0 Å². The molecule has 0 amide bonds. The fourth-order valence-corrected chi connectivity index (χ4v) is 5.23. The van der Waals surface area contributed by atoms with Gasteiger partial charge in [-0.15, -0.1) is 0 Å². The molecule has 3 rings (SSSR count). The lowest BCUT2D eigenvalue weighted by atomic mass is 9.93. The van der Waals surface area contributed by atoms with Crippen LogP contribution in [0.3, 0.4) is 0 Å². The zero-order chi connectivity index (χ0) is 23.8. The number of esters is 1. The Bertz CT molecular complexity index is 1140. The van der Waals surface area contributed by atoms with Crippen LogP contribution in [0.2, 0.25) is 0 Å². The summed E-state index contributed by atoms with van der Waals surface area (Å²) in [5.41, 5.74) is 1.65. The van der Waals surface area contributed by atoms with Crippen molar-refractivity contribution in [3.05, 3.63) is 70.3 Å². The number of halogens is 3. The molecule has 0 spiro atoms. The van der Waals surface area contributed by atoms with Gasteiger partial charge in [0, 0.05) is 19.8 Å². The molecule has 2 aromatic rings. The first-order chi connectivity index (χ1) is 14.9. The van der Waals surface area contributed by atoms with Crippen molar-refractivity contribution in [3.8, 4) is 0 Å². The highest BCUT2D eigenvalue weighted by molar-refractivity contribution is 7.95. The van der Waals surface area contributed by atoms with E-state index in [2.05, 4.69) is 4.74 Å². The summed E-state index contributed by atoms with van der Waals surface area (Å²) < 4.78 is 78.2. The van der Waals surface area contributed by atoms with E-state index in [1.54, 1.807) is 38.1 Å². The molecular weight excluding hydrogens is 447 g/mol. The van der Waals surface area contributed by atoms with Gasteiger partial charge < -0.3 is 14.4 Å². The zero-order valence-corrected chi connectivity index (χ0v) is 18.6. The van der Waals surface area contributed by atoms with Crippen molar-refractivity contribution in [2.24, 2.45) is 0 Å². The lowest BCUT2D eigenvalue weighted by molar-refractivity contribution is -0.161. The number of ether oxygens (including phenoxy) is 2. The Kier molecular flexibility index (Phi) is 6.28. The van der Waals surface area contributed by atoms with Gasteiger partial charge in [-0.05, 0) is 36.8 Å². The molecular formula is C22H22F3NO5S. The van der Waals surface area contributed by atoms with Gasteiger partial charge in [0.15, 0.2) is 0 Å². The van der Waals surface area contributed by atoms with Gasteiger partial charge in [0.1, 0.15) is 4.91 Å². The van der Waals surface area contributed by atoms with Crippen LogP contribution in [0.15, 0.2) is 64.1 Å². The summed E-state index contributed by atoms with van der Waals surface area (Å²) in [7, 11) is -0.117. The smallest absolute Gasteiger partial charge is 0.450 e. The van der Waals surface area contributed by atoms with E-state index in [0.717, 1.165) is 18.4 Å². The highest BCUT2D eigenvalue weighted by Crippen LogP contribution is 2.49. The average Bonchev–Trinajstić information content (AvgIpc) is 3.15. The summed E-state index contributed by atoms with van der Waals surface area (Å²) >= 11 is 0. The summed E-state index contributed by atoms with van der Waals surface area (Å²) in [6.45, 7) is 1.72. The Morgan fingerprint density at radius 2 is 1.59 bits per heavy atom. The lowest BCUT2D eigenvalue weighted by Crippen LogP contribution is -2.30. The summed E-state index contributed by atoms with van der Waals surface area (Å²) in [5.74, 6) is -4.36. The molecule has 2 unspecified atom stereocenters. The maximum absolute atomic E-state index is 13.9. The number of methoxy groups -OCH3 is 1. The minimum atomic E-state index is -5.14. The predicted molar refractivity (Wildman–Crippen MR) is 112 cm³/mol. The minimum absolute atomic E-state index is 0.177. The molecule has 2 aromatic carbocycles. The van der Waals surface area contributed by atoms with Crippen LogP contribution >= 0.6 is 0 Å².